The molecular formula is C27H27NO5. The van der Waals surface area contributed by atoms with E-state index in [1.165, 1.54) is 11.2 Å². The Bertz CT molecular complexity index is 1180. The quantitative estimate of drug-likeness (QED) is 0.298. The Morgan fingerprint density at radius 1 is 1.09 bits per heavy atom. The summed E-state index contributed by atoms with van der Waals surface area (Å²) in [6.07, 6.45) is 1.53. The Morgan fingerprint density at radius 2 is 1.85 bits per heavy atom. The van der Waals surface area contributed by atoms with Gasteiger partial charge in [-0.2, -0.15) is 0 Å². The van der Waals surface area contributed by atoms with Gasteiger partial charge in [-0.05, 0) is 48.2 Å². The summed E-state index contributed by atoms with van der Waals surface area (Å²) < 4.78 is 11.0. The van der Waals surface area contributed by atoms with Gasteiger partial charge in [0.05, 0.1) is 31.0 Å². The maximum Gasteiger partial charge on any atom is 0.296 e. The molecule has 170 valence electrons. The number of likely N-dealkylation sites (tertiary alicyclic amines) is 1. The Balaban J connectivity index is 1.84. The lowest BCUT2D eigenvalue weighted by atomic mass is 9.93. The van der Waals surface area contributed by atoms with Crippen molar-refractivity contribution in [2.75, 3.05) is 6.61 Å². The van der Waals surface area contributed by atoms with E-state index < -0.39 is 17.7 Å². The van der Waals surface area contributed by atoms with Gasteiger partial charge in [0.2, 0.25) is 0 Å². The number of carbonyl (C=O) groups is 2. The summed E-state index contributed by atoms with van der Waals surface area (Å²) in [5, 5.41) is 11.2. The molecule has 2 aromatic carbocycles. The van der Waals surface area contributed by atoms with Crippen LogP contribution in [0.3, 0.4) is 0 Å². The zero-order valence-electron chi connectivity index (χ0n) is 18.9. The number of Topliss-reactive ketones (excluding diaryl/α,β-unsaturated/α-hetero) is 1. The van der Waals surface area contributed by atoms with Gasteiger partial charge in [-0.3, -0.25) is 9.59 Å². The predicted octanol–water partition coefficient (Wildman–Crippen LogP) is 5.42. The first-order chi connectivity index (χ1) is 15.9. The van der Waals surface area contributed by atoms with Crippen molar-refractivity contribution in [3.05, 3.63) is 95.0 Å². The van der Waals surface area contributed by atoms with E-state index in [1.807, 2.05) is 31.2 Å². The first kappa shape index (κ1) is 22.4. The number of hydrogen-bond donors (Lipinski definition) is 1. The maximum atomic E-state index is 13.2. The van der Waals surface area contributed by atoms with Crippen molar-refractivity contribution in [2.24, 2.45) is 0 Å². The summed E-state index contributed by atoms with van der Waals surface area (Å²) >= 11 is 0. The second-order valence-electron chi connectivity index (χ2n) is 8.29. The fourth-order valence-electron chi connectivity index (χ4n) is 4.08. The number of amides is 1. The molecule has 6 heteroatoms. The molecule has 2 heterocycles. The summed E-state index contributed by atoms with van der Waals surface area (Å²) in [4.78, 5) is 27.7. The molecule has 0 bridgehead atoms. The van der Waals surface area contributed by atoms with E-state index in [-0.39, 0.29) is 17.9 Å². The normalized spacial score (nSPS) is 17.7. The highest BCUT2D eigenvalue weighted by Gasteiger charge is 2.46. The fraction of sp³-hybridized carbons (Fsp3) is 0.259. The van der Waals surface area contributed by atoms with Crippen molar-refractivity contribution < 1.29 is 23.8 Å². The molecular weight excluding hydrogens is 418 g/mol. The van der Waals surface area contributed by atoms with E-state index >= 15 is 0 Å². The number of benzene rings is 2. The van der Waals surface area contributed by atoms with Crippen LogP contribution in [-0.4, -0.2) is 28.3 Å². The predicted molar refractivity (Wildman–Crippen MR) is 125 cm³/mol. The zero-order valence-corrected chi connectivity index (χ0v) is 18.9. The number of aliphatic hydroxyl groups excluding tert-OH is 1. The van der Waals surface area contributed by atoms with Crippen LogP contribution >= 0.6 is 0 Å². The molecule has 3 aromatic rings. The van der Waals surface area contributed by atoms with E-state index in [0.29, 0.717) is 29.6 Å². The number of ketones is 1. The van der Waals surface area contributed by atoms with E-state index in [1.54, 1.807) is 36.4 Å². The highest BCUT2D eigenvalue weighted by Crippen LogP contribution is 2.41. The molecule has 1 unspecified atom stereocenters. The monoisotopic (exact) mass is 445 g/mol. The summed E-state index contributed by atoms with van der Waals surface area (Å²) in [6.45, 7) is 6.66. The maximum absolute atomic E-state index is 13.2. The lowest BCUT2D eigenvalue weighted by Gasteiger charge is -2.25. The van der Waals surface area contributed by atoms with Crippen LogP contribution in [0.1, 0.15) is 55.2 Å². The molecule has 1 aliphatic heterocycles. The Labute approximate surface area is 193 Å². The largest absolute Gasteiger partial charge is 0.507 e. The second kappa shape index (κ2) is 9.36. The Morgan fingerprint density at radius 3 is 2.48 bits per heavy atom. The topological polar surface area (TPSA) is 80.0 Å². The van der Waals surface area contributed by atoms with Crippen molar-refractivity contribution >= 4 is 17.4 Å². The molecule has 1 aliphatic rings. The first-order valence-electron chi connectivity index (χ1n) is 11.0. The molecule has 1 aromatic heterocycles. The number of aliphatic hydroxyl groups is 1. The zero-order chi connectivity index (χ0) is 23.5. The van der Waals surface area contributed by atoms with Gasteiger partial charge in [0, 0.05) is 5.56 Å². The molecule has 6 nitrogen and oxygen atoms in total. The Hall–Kier alpha value is -3.80. The minimum atomic E-state index is -0.743. The van der Waals surface area contributed by atoms with E-state index in [9.17, 15) is 14.7 Å². The van der Waals surface area contributed by atoms with E-state index in [2.05, 4.69) is 13.8 Å². The standard InChI is InChI=1S/C27H27NO5/c1-4-32-21-8-5-7-20(15-21)25(29)23-24(19-12-10-18(11-13-19)17(2)3)28(27(31)26(23)30)16-22-9-6-14-33-22/h5-15,17,24,29H,4,16H2,1-3H3. The summed E-state index contributed by atoms with van der Waals surface area (Å²) in [5.41, 5.74) is 2.36. The van der Waals surface area contributed by atoms with Crippen LogP contribution in [0.25, 0.3) is 5.76 Å². The number of carbonyl (C=O) groups excluding carboxylic acids is 2. The molecule has 0 spiro atoms. The molecule has 1 N–H and O–H groups in total. The lowest BCUT2D eigenvalue weighted by molar-refractivity contribution is -0.140. The van der Waals surface area contributed by atoms with E-state index in [0.717, 1.165) is 11.1 Å². The Kier molecular flexibility index (Phi) is 6.36. The van der Waals surface area contributed by atoms with Gasteiger partial charge < -0.3 is 19.2 Å². The third-order valence-corrected chi connectivity index (χ3v) is 5.78. The molecule has 0 radical (unpaired) electrons. The van der Waals surface area contributed by atoms with Crippen LogP contribution in [0.2, 0.25) is 0 Å². The smallest absolute Gasteiger partial charge is 0.296 e. The molecule has 1 saturated heterocycles. The van der Waals surface area contributed by atoms with Gasteiger partial charge in [0.1, 0.15) is 17.3 Å². The first-order valence-corrected chi connectivity index (χ1v) is 11.0. The average Bonchev–Trinajstić information content (AvgIpc) is 3.41. The van der Waals surface area contributed by atoms with Gasteiger partial charge in [-0.1, -0.05) is 50.2 Å². The SMILES string of the molecule is CCOc1cccc(C(O)=C2C(=O)C(=O)N(Cc3ccco3)C2c2ccc(C(C)C)cc2)c1. The second-order valence-corrected chi connectivity index (χ2v) is 8.29. The summed E-state index contributed by atoms with van der Waals surface area (Å²) in [7, 11) is 0. The number of rotatable bonds is 7. The van der Waals surface area contributed by atoms with Crippen LogP contribution in [0.4, 0.5) is 0 Å². The third kappa shape index (κ3) is 4.42. The molecule has 4 rings (SSSR count). The summed E-state index contributed by atoms with van der Waals surface area (Å²) in [5.74, 6) is -0.154. The number of nitrogens with zero attached hydrogens (tertiary/aromatic N) is 1. The van der Waals surface area contributed by atoms with Crippen LogP contribution in [0, 0.1) is 0 Å². The number of ether oxygens (including phenoxy) is 1. The minimum Gasteiger partial charge on any atom is -0.507 e. The molecule has 33 heavy (non-hydrogen) atoms. The van der Waals surface area contributed by atoms with Gasteiger partial charge in [0.25, 0.3) is 11.7 Å². The molecule has 0 aliphatic carbocycles. The van der Waals surface area contributed by atoms with Crippen LogP contribution in [0.5, 0.6) is 5.75 Å². The van der Waals surface area contributed by atoms with Crippen molar-refractivity contribution in [1.29, 1.82) is 0 Å². The number of furan rings is 1. The average molecular weight is 446 g/mol. The van der Waals surface area contributed by atoms with Crippen LogP contribution < -0.4 is 4.74 Å². The van der Waals surface area contributed by atoms with Crippen molar-refractivity contribution in [3.63, 3.8) is 0 Å². The third-order valence-electron chi connectivity index (χ3n) is 5.78. The minimum absolute atomic E-state index is 0.0532. The lowest BCUT2D eigenvalue weighted by Crippen LogP contribution is -2.29. The van der Waals surface area contributed by atoms with Crippen molar-refractivity contribution in [1.82, 2.24) is 4.90 Å². The van der Waals surface area contributed by atoms with Gasteiger partial charge in [-0.15, -0.1) is 0 Å². The van der Waals surface area contributed by atoms with Gasteiger partial charge in [-0.25, -0.2) is 0 Å². The molecule has 1 atom stereocenters. The number of hydrogen-bond acceptors (Lipinski definition) is 5. The van der Waals surface area contributed by atoms with Crippen molar-refractivity contribution in [3.8, 4) is 5.75 Å². The highest BCUT2D eigenvalue weighted by molar-refractivity contribution is 6.46. The van der Waals surface area contributed by atoms with Gasteiger partial charge in [0.15, 0.2) is 0 Å². The summed E-state index contributed by atoms with van der Waals surface area (Å²) in [6, 6.07) is 17.4. The molecule has 0 saturated carbocycles. The fourth-order valence-corrected chi connectivity index (χ4v) is 4.08. The van der Waals surface area contributed by atoms with Gasteiger partial charge >= 0.3 is 0 Å². The molecule has 1 amide bonds. The van der Waals surface area contributed by atoms with Crippen LogP contribution in [-0.2, 0) is 16.1 Å². The van der Waals surface area contributed by atoms with E-state index in [4.69, 9.17) is 9.15 Å². The van der Waals surface area contributed by atoms with Crippen LogP contribution in [0.15, 0.2) is 76.9 Å². The van der Waals surface area contributed by atoms with Crippen molar-refractivity contribution in [2.45, 2.75) is 39.3 Å². The molecule has 1 fully saturated rings. The highest BCUT2D eigenvalue weighted by atomic mass is 16.5.